The highest BCUT2D eigenvalue weighted by molar-refractivity contribution is 5.64. The summed E-state index contributed by atoms with van der Waals surface area (Å²) in [5, 5.41) is 7.24. The van der Waals surface area contributed by atoms with Crippen molar-refractivity contribution in [2.45, 2.75) is 51.9 Å². The van der Waals surface area contributed by atoms with Gasteiger partial charge in [-0.15, -0.1) is 0 Å². The van der Waals surface area contributed by atoms with Crippen LogP contribution in [0.2, 0.25) is 0 Å². The van der Waals surface area contributed by atoms with E-state index in [0.717, 1.165) is 19.6 Å². The number of hydrogen-bond acceptors (Lipinski definition) is 2. The van der Waals surface area contributed by atoms with E-state index >= 15 is 0 Å². The highest BCUT2D eigenvalue weighted by Crippen LogP contribution is 2.34. The zero-order valence-corrected chi connectivity index (χ0v) is 12.1. The largest absolute Gasteiger partial charge is 0.385 e. The minimum absolute atomic E-state index is 1.14. The normalized spacial score (nSPS) is 18.2. The van der Waals surface area contributed by atoms with Gasteiger partial charge in [-0.1, -0.05) is 19.4 Å². The number of aryl methyl sites for hydroxylation is 1. The van der Waals surface area contributed by atoms with Crippen LogP contribution in [-0.2, 0) is 25.7 Å². The number of unbranched alkanes of at least 4 members (excludes halogenated alkanes) is 1. The molecule has 0 unspecified atom stereocenters. The monoisotopic (exact) mass is 258 g/mol. The summed E-state index contributed by atoms with van der Waals surface area (Å²) in [6.07, 6.45) is 8.84. The third kappa shape index (κ3) is 2.64. The minimum atomic E-state index is 1.14. The van der Waals surface area contributed by atoms with Gasteiger partial charge in [-0.05, 0) is 73.9 Å². The molecular formula is C17H26N2. The lowest BCUT2D eigenvalue weighted by Gasteiger charge is -2.25. The van der Waals surface area contributed by atoms with Crippen LogP contribution in [0.3, 0.4) is 0 Å². The minimum Gasteiger partial charge on any atom is -0.385 e. The fraction of sp³-hybridized carbons (Fsp3) is 0.647. The summed E-state index contributed by atoms with van der Waals surface area (Å²) >= 11 is 0. The lowest BCUT2D eigenvalue weighted by molar-refractivity contribution is 0.708. The van der Waals surface area contributed by atoms with Gasteiger partial charge in [0.15, 0.2) is 0 Å². The van der Waals surface area contributed by atoms with Crippen LogP contribution in [0.1, 0.15) is 48.4 Å². The Kier molecular flexibility index (Phi) is 4.07. The molecule has 0 amide bonds. The van der Waals surface area contributed by atoms with E-state index in [4.69, 9.17) is 0 Å². The SMILES string of the molecule is CCCCc1c2c(cc3c1NCCC3)CCNCC2. The Morgan fingerprint density at radius 3 is 2.84 bits per heavy atom. The molecule has 0 spiro atoms. The summed E-state index contributed by atoms with van der Waals surface area (Å²) in [6.45, 7) is 5.74. The van der Waals surface area contributed by atoms with E-state index in [1.807, 2.05) is 0 Å². The van der Waals surface area contributed by atoms with Gasteiger partial charge >= 0.3 is 0 Å². The highest BCUT2D eigenvalue weighted by Gasteiger charge is 2.20. The Labute approximate surface area is 117 Å². The molecule has 2 heterocycles. The van der Waals surface area contributed by atoms with Crippen molar-refractivity contribution in [2.75, 3.05) is 25.0 Å². The molecule has 2 N–H and O–H groups in total. The Morgan fingerprint density at radius 1 is 1.05 bits per heavy atom. The van der Waals surface area contributed by atoms with Crippen molar-refractivity contribution in [3.05, 3.63) is 28.3 Å². The Bertz CT molecular complexity index is 451. The van der Waals surface area contributed by atoms with E-state index in [2.05, 4.69) is 23.6 Å². The molecule has 1 aromatic carbocycles. The number of nitrogens with one attached hydrogen (secondary N) is 2. The van der Waals surface area contributed by atoms with E-state index < -0.39 is 0 Å². The van der Waals surface area contributed by atoms with Crippen molar-refractivity contribution >= 4 is 5.69 Å². The predicted octanol–water partition coefficient (Wildman–Crippen LogP) is 3.08. The molecule has 2 heteroatoms. The van der Waals surface area contributed by atoms with Crippen LogP contribution >= 0.6 is 0 Å². The van der Waals surface area contributed by atoms with E-state index in [-0.39, 0.29) is 0 Å². The average molecular weight is 258 g/mol. The molecule has 0 fully saturated rings. The topological polar surface area (TPSA) is 24.1 Å². The molecule has 1 aromatic rings. The summed E-state index contributed by atoms with van der Waals surface area (Å²) in [5.74, 6) is 0. The van der Waals surface area contributed by atoms with Crippen LogP contribution in [-0.4, -0.2) is 19.6 Å². The average Bonchev–Trinajstić information content (AvgIpc) is 2.68. The molecule has 2 aliphatic rings. The first kappa shape index (κ1) is 13.0. The molecule has 0 aliphatic carbocycles. The molecule has 19 heavy (non-hydrogen) atoms. The number of fused-ring (bicyclic) bond motifs is 2. The van der Waals surface area contributed by atoms with Gasteiger partial charge in [0.25, 0.3) is 0 Å². The zero-order chi connectivity index (χ0) is 13.1. The van der Waals surface area contributed by atoms with E-state index in [0.29, 0.717) is 0 Å². The second-order valence-electron chi connectivity index (χ2n) is 5.91. The summed E-state index contributed by atoms with van der Waals surface area (Å²) < 4.78 is 0. The van der Waals surface area contributed by atoms with Crippen molar-refractivity contribution in [3.63, 3.8) is 0 Å². The summed E-state index contributed by atoms with van der Waals surface area (Å²) in [7, 11) is 0. The standard InChI is InChI=1S/C17H26N2/c1-2-3-6-16-15-8-11-18-10-7-13(15)12-14-5-4-9-19-17(14)16/h12,18-19H,2-11H2,1H3. The van der Waals surface area contributed by atoms with Crippen LogP contribution in [0.4, 0.5) is 5.69 Å². The number of benzene rings is 1. The third-order valence-electron chi connectivity index (χ3n) is 4.55. The lowest BCUT2D eigenvalue weighted by atomic mass is 9.87. The molecular weight excluding hydrogens is 232 g/mol. The van der Waals surface area contributed by atoms with Gasteiger partial charge in [0.1, 0.15) is 0 Å². The van der Waals surface area contributed by atoms with Crippen molar-refractivity contribution in [3.8, 4) is 0 Å². The molecule has 104 valence electrons. The highest BCUT2D eigenvalue weighted by atomic mass is 14.9. The number of hydrogen-bond donors (Lipinski definition) is 2. The molecule has 0 saturated carbocycles. The van der Waals surface area contributed by atoms with Crippen LogP contribution in [0.5, 0.6) is 0 Å². The molecule has 2 aliphatic heterocycles. The smallest absolute Gasteiger partial charge is 0.0408 e. The van der Waals surface area contributed by atoms with E-state index in [9.17, 15) is 0 Å². The van der Waals surface area contributed by atoms with Gasteiger partial charge < -0.3 is 10.6 Å². The second-order valence-corrected chi connectivity index (χ2v) is 5.91. The van der Waals surface area contributed by atoms with Crippen molar-refractivity contribution in [1.82, 2.24) is 5.32 Å². The molecule has 0 aromatic heterocycles. The quantitative estimate of drug-likeness (QED) is 0.870. The van der Waals surface area contributed by atoms with Gasteiger partial charge in [-0.3, -0.25) is 0 Å². The Morgan fingerprint density at radius 2 is 1.95 bits per heavy atom. The molecule has 3 rings (SSSR count). The van der Waals surface area contributed by atoms with Gasteiger partial charge in [0.05, 0.1) is 0 Å². The van der Waals surface area contributed by atoms with Gasteiger partial charge in [-0.25, -0.2) is 0 Å². The van der Waals surface area contributed by atoms with Crippen LogP contribution in [0, 0.1) is 0 Å². The van der Waals surface area contributed by atoms with Crippen LogP contribution in [0.25, 0.3) is 0 Å². The number of anilines is 1. The van der Waals surface area contributed by atoms with Gasteiger partial charge in [0.2, 0.25) is 0 Å². The predicted molar refractivity (Wildman–Crippen MR) is 82.1 cm³/mol. The summed E-state index contributed by atoms with van der Waals surface area (Å²) in [4.78, 5) is 0. The lowest BCUT2D eigenvalue weighted by Crippen LogP contribution is -2.17. The van der Waals surface area contributed by atoms with E-state index in [1.54, 1.807) is 22.3 Å². The fourth-order valence-corrected chi connectivity index (χ4v) is 3.54. The molecule has 0 atom stereocenters. The molecule has 0 radical (unpaired) electrons. The zero-order valence-electron chi connectivity index (χ0n) is 12.1. The van der Waals surface area contributed by atoms with Crippen molar-refractivity contribution in [1.29, 1.82) is 0 Å². The third-order valence-corrected chi connectivity index (χ3v) is 4.55. The maximum absolute atomic E-state index is 3.69. The van der Waals surface area contributed by atoms with Crippen LogP contribution in [0.15, 0.2) is 6.07 Å². The first-order valence-corrected chi connectivity index (χ1v) is 8.01. The summed E-state index contributed by atoms with van der Waals surface area (Å²) in [5.41, 5.74) is 8.02. The second kappa shape index (κ2) is 5.96. The van der Waals surface area contributed by atoms with Gasteiger partial charge in [0, 0.05) is 12.2 Å². The number of rotatable bonds is 3. The first-order chi connectivity index (χ1) is 9.40. The molecule has 0 bridgehead atoms. The maximum atomic E-state index is 3.69. The first-order valence-electron chi connectivity index (χ1n) is 8.01. The van der Waals surface area contributed by atoms with Crippen molar-refractivity contribution in [2.24, 2.45) is 0 Å². The molecule has 2 nitrogen and oxygen atoms in total. The molecule has 0 saturated heterocycles. The fourth-order valence-electron chi connectivity index (χ4n) is 3.54. The Hall–Kier alpha value is -1.02. The maximum Gasteiger partial charge on any atom is 0.0408 e. The Balaban J connectivity index is 2.05. The van der Waals surface area contributed by atoms with Crippen LogP contribution < -0.4 is 10.6 Å². The van der Waals surface area contributed by atoms with Crippen molar-refractivity contribution < 1.29 is 0 Å². The van der Waals surface area contributed by atoms with E-state index in [1.165, 1.54) is 50.6 Å². The summed E-state index contributed by atoms with van der Waals surface area (Å²) in [6, 6.07) is 2.50. The van der Waals surface area contributed by atoms with Gasteiger partial charge in [-0.2, -0.15) is 0 Å².